The van der Waals surface area contributed by atoms with Crippen LogP contribution >= 0.6 is 22.9 Å². The number of carbonyl (C=O) groups excluding carboxylic acids is 1. The molecule has 0 unspecified atom stereocenters. The van der Waals surface area contributed by atoms with Crippen LogP contribution in [0.15, 0.2) is 47.7 Å². The number of hydrogen-bond donors (Lipinski definition) is 3. The number of hydrogen-bond acceptors (Lipinski definition) is 7. The fourth-order valence-corrected chi connectivity index (χ4v) is 3.18. The van der Waals surface area contributed by atoms with E-state index >= 15 is 0 Å². The predicted molar refractivity (Wildman–Crippen MR) is 120 cm³/mol. The van der Waals surface area contributed by atoms with E-state index in [4.69, 9.17) is 17.3 Å². The molecule has 9 heteroatoms. The van der Waals surface area contributed by atoms with Crippen LogP contribution in [0.25, 0.3) is 5.70 Å². The van der Waals surface area contributed by atoms with Crippen molar-refractivity contribution in [1.82, 2.24) is 4.98 Å². The van der Waals surface area contributed by atoms with E-state index in [9.17, 15) is 4.79 Å². The van der Waals surface area contributed by atoms with E-state index in [1.165, 1.54) is 11.3 Å². The summed E-state index contributed by atoms with van der Waals surface area (Å²) < 4.78 is 0. The number of nitrogens with one attached hydrogen (secondary N) is 2. The summed E-state index contributed by atoms with van der Waals surface area (Å²) in [5.41, 5.74) is 9.31. The second-order valence-corrected chi connectivity index (χ2v) is 7.29. The average molecular weight is 419 g/mol. The first-order chi connectivity index (χ1) is 13.3. The van der Waals surface area contributed by atoms with E-state index in [1.807, 2.05) is 50.2 Å². The van der Waals surface area contributed by atoms with Crippen molar-refractivity contribution in [2.45, 2.75) is 6.92 Å². The van der Waals surface area contributed by atoms with Gasteiger partial charge in [-0.25, -0.2) is 9.98 Å². The van der Waals surface area contributed by atoms with Crippen molar-refractivity contribution in [3.05, 3.63) is 53.3 Å². The first-order valence-corrected chi connectivity index (χ1v) is 9.72. The Morgan fingerprint density at radius 2 is 2.04 bits per heavy atom. The van der Waals surface area contributed by atoms with Crippen molar-refractivity contribution in [2.24, 2.45) is 10.7 Å². The number of halogens is 1. The number of allylic oxidation sites excluding steroid dienone is 1. The molecular formula is C19H23ClN6OS. The monoisotopic (exact) mass is 418 g/mol. The highest BCUT2D eigenvalue weighted by Crippen LogP contribution is 2.26. The number of rotatable bonds is 8. The van der Waals surface area contributed by atoms with E-state index in [-0.39, 0.29) is 11.8 Å². The largest absolute Gasteiger partial charge is 0.397 e. The van der Waals surface area contributed by atoms with Gasteiger partial charge in [0.15, 0.2) is 5.13 Å². The Kier molecular flexibility index (Phi) is 7.60. The number of nitrogens with zero attached hydrogens (tertiary/aromatic N) is 3. The Labute approximate surface area is 173 Å². The van der Waals surface area contributed by atoms with E-state index in [1.54, 1.807) is 12.3 Å². The average Bonchev–Trinajstić information content (AvgIpc) is 3.02. The van der Waals surface area contributed by atoms with Crippen LogP contribution in [-0.2, 0) is 4.79 Å². The van der Waals surface area contributed by atoms with Crippen LogP contribution < -0.4 is 21.3 Å². The molecule has 2 rings (SSSR count). The summed E-state index contributed by atoms with van der Waals surface area (Å²) in [5, 5.41) is 6.18. The van der Waals surface area contributed by atoms with Gasteiger partial charge in [0, 0.05) is 31.7 Å². The van der Waals surface area contributed by atoms with Crippen LogP contribution in [0.1, 0.15) is 10.6 Å². The Bertz CT molecular complexity index is 902. The first kappa shape index (κ1) is 21.5. The molecule has 0 aliphatic heterocycles. The van der Waals surface area contributed by atoms with Crippen molar-refractivity contribution >= 4 is 57.3 Å². The van der Waals surface area contributed by atoms with Crippen LogP contribution in [0, 0.1) is 6.92 Å². The maximum atomic E-state index is 11.4. The summed E-state index contributed by atoms with van der Waals surface area (Å²) in [6.45, 7) is 5.70. The van der Waals surface area contributed by atoms with Gasteiger partial charge in [0.25, 0.3) is 0 Å². The number of anilines is 3. The van der Waals surface area contributed by atoms with Crippen LogP contribution in [0.5, 0.6) is 0 Å². The smallest absolute Gasteiger partial charge is 0.241 e. The summed E-state index contributed by atoms with van der Waals surface area (Å²) in [4.78, 5) is 22.7. The maximum Gasteiger partial charge on any atom is 0.241 e. The summed E-state index contributed by atoms with van der Waals surface area (Å²) in [6.07, 6.45) is 3.23. The lowest BCUT2D eigenvalue weighted by atomic mass is 10.2. The van der Waals surface area contributed by atoms with Gasteiger partial charge in [-0.05, 0) is 37.3 Å². The molecule has 0 saturated heterocycles. The molecular weight excluding hydrogens is 396 g/mol. The summed E-state index contributed by atoms with van der Waals surface area (Å²) in [6, 6.07) is 7.92. The Morgan fingerprint density at radius 3 is 2.64 bits per heavy atom. The van der Waals surface area contributed by atoms with Crippen LogP contribution in [-0.4, -0.2) is 37.1 Å². The van der Waals surface area contributed by atoms with Crippen molar-refractivity contribution in [1.29, 1.82) is 0 Å². The highest BCUT2D eigenvalue weighted by Gasteiger charge is 2.11. The minimum Gasteiger partial charge on any atom is -0.397 e. The number of carbonyl (C=O) groups is 1. The van der Waals surface area contributed by atoms with Crippen molar-refractivity contribution < 1.29 is 4.79 Å². The van der Waals surface area contributed by atoms with Gasteiger partial charge in [-0.2, -0.15) is 0 Å². The van der Waals surface area contributed by atoms with Crippen molar-refractivity contribution in [2.75, 3.05) is 35.5 Å². The number of amides is 1. The number of aromatic nitrogens is 1. The van der Waals surface area contributed by atoms with Gasteiger partial charge in [-0.3, -0.25) is 4.79 Å². The zero-order chi connectivity index (χ0) is 20.7. The van der Waals surface area contributed by atoms with Crippen LogP contribution in [0.2, 0.25) is 0 Å². The summed E-state index contributed by atoms with van der Waals surface area (Å²) in [5.74, 6) is 0.0451. The van der Waals surface area contributed by atoms with Crippen molar-refractivity contribution in [3.63, 3.8) is 0 Å². The quantitative estimate of drug-likeness (QED) is 0.449. The van der Waals surface area contributed by atoms with Crippen LogP contribution in [0.4, 0.5) is 16.5 Å². The molecule has 7 nitrogen and oxygen atoms in total. The molecule has 4 N–H and O–H groups in total. The SMILES string of the molecule is C=C(/N=C\C=C(/N)c1sc(NC(=O)CCl)nc1C)Nc1ccc(N(C)C)cc1. The van der Waals surface area contributed by atoms with Gasteiger partial charge >= 0.3 is 0 Å². The molecule has 1 heterocycles. The minimum atomic E-state index is -0.313. The molecule has 2 aromatic rings. The molecule has 0 bridgehead atoms. The molecule has 0 saturated carbocycles. The normalized spacial score (nSPS) is 11.5. The number of thiazole rings is 1. The zero-order valence-electron chi connectivity index (χ0n) is 16.0. The lowest BCUT2D eigenvalue weighted by molar-refractivity contribution is -0.113. The van der Waals surface area contributed by atoms with E-state index in [0.717, 1.165) is 21.9 Å². The van der Waals surface area contributed by atoms with Gasteiger partial charge in [0.05, 0.1) is 16.3 Å². The molecule has 0 aliphatic carbocycles. The van der Waals surface area contributed by atoms with Gasteiger partial charge < -0.3 is 21.3 Å². The highest BCUT2D eigenvalue weighted by atomic mass is 35.5. The molecule has 0 atom stereocenters. The third-order valence-electron chi connectivity index (χ3n) is 3.58. The number of aryl methyl sites for hydroxylation is 1. The molecule has 0 aliphatic rings. The molecule has 28 heavy (non-hydrogen) atoms. The Morgan fingerprint density at radius 1 is 1.36 bits per heavy atom. The van der Waals surface area contributed by atoms with Crippen molar-refractivity contribution in [3.8, 4) is 0 Å². The lowest BCUT2D eigenvalue weighted by Gasteiger charge is -2.13. The third kappa shape index (κ3) is 6.11. The molecule has 1 aromatic carbocycles. The Hall–Kier alpha value is -2.84. The first-order valence-electron chi connectivity index (χ1n) is 8.37. The molecule has 148 valence electrons. The standard InChI is InChI=1S/C19H23ClN6OS/c1-12-18(28-19(23-12)25-17(27)11-20)16(21)9-10-22-13(2)24-14-5-7-15(8-6-14)26(3)4/h5-10,24H,2,11,21H2,1,3-4H3,(H,23,25,27)/b16-9-,22-10-. The molecule has 1 amide bonds. The van der Waals surface area contributed by atoms with Gasteiger partial charge in [0.1, 0.15) is 11.7 Å². The Balaban J connectivity index is 1.98. The topological polar surface area (TPSA) is 95.6 Å². The maximum absolute atomic E-state index is 11.4. The van der Waals surface area contributed by atoms with E-state index < -0.39 is 0 Å². The van der Waals surface area contributed by atoms with Gasteiger partial charge in [-0.1, -0.05) is 17.9 Å². The third-order valence-corrected chi connectivity index (χ3v) is 4.95. The van der Waals surface area contributed by atoms with Crippen LogP contribution in [0.3, 0.4) is 0 Å². The fraction of sp³-hybridized carbons (Fsp3) is 0.211. The number of alkyl halides is 1. The van der Waals surface area contributed by atoms with Gasteiger partial charge in [-0.15, -0.1) is 11.6 Å². The molecule has 0 spiro atoms. The second-order valence-electron chi connectivity index (χ2n) is 6.03. The molecule has 0 radical (unpaired) electrons. The second kappa shape index (κ2) is 9.91. The predicted octanol–water partition coefficient (Wildman–Crippen LogP) is 3.65. The molecule has 1 aromatic heterocycles. The number of benzene rings is 1. The fourth-order valence-electron chi connectivity index (χ4n) is 2.20. The number of nitrogens with two attached hydrogens (primary N) is 1. The summed E-state index contributed by atoms with van der Waals surface area (Å²) in [7, 11) is 3.98. The number of aliphatic imine (C=N–C) groups is 1. The molecule has 0 fully saturated rings. The van der Waals surface area contributed by atoms with E-state index in [2.05, 4.69) is 27.2 Å². The highest BCUT2D eigenvalue weighted by molar-refractivity contribution is 7.17. The minimum absolute atomic E-state index is 0.126. The van der Waals surface area contributed by atoms with Gasteiger partial charge in [0.2, 0.25) is 5.91 Å². The van der Waals surface area contributed by atoms with E-state index in [0.29, 0.717) is 16.6 Å². The summed E-state index contributed by atoms with van der Waals surface area (Å²) >= 11 is 6.76. The lowest BCUT2D eigenvalue weighted by Crippen LogP contribution is -2.12. The zero-order valence-corrected chi connectivity index (χ0v) is 17.6.